The highest BCUT2D eigenvalue weighted by molar-refractivity contribution is 7.80. The predicted molar refractivity (Wildman–Crippen MR) is 132 cm³/mol. The van der Waals surface area contributed by atoms with E-state index in [0.717, 1.165) is 20.8 Å². The molecule has 0 aliphatic rings. The summed E-state index contributed by atoms with van der Waals surface area (Å²) < 4.78 is 6.18. The number of nitrogens with one attached hydrogen (secondary N) is 2. The Bertz CT molecular complexity index is 1270. The first-order valence-corrected chi connectivity index (χ1v) is 11.0. The van der Waals surface area contributed by atoms with Gasteiger partial charge in [0, 0.05) is 16.8 Å². The van der Waals surface area contributed by atoms with Crippen LogP contribution >= 0.6 is 46.8 Å². The SMILES string of the molecule is COc1ccc(C(=O)NC(=S)Nc2ccc(Cl)c(-c3nc4ccccc4s3)c2)cc1Cl. The van der Waals surface area contributed by atoms with Crippen molar-refractivity contribution in [1.82, 2.24) is 10.3 Å². The third kappa shape index (κ3) is 4.80. The third-order valence-electron chi connectivity index (χ3n) is 4.39. The number of carbonyl (C=O) groups is 1. The van der Waals surface area contributed by atoms with Gasteiger partial charge in [-0.15, -0.1) is 11.3 Å². The van der Waals surface area contributed by atoms with Crippen molar-refractivity contribution < 1.29 is 9.53 Å². The van der Waals surface area contributed by atoms with Gasteiger partial charge >= 0.3 is 0 Å². The smallest absolute Gasteiger partial charge is 0.257 e. The number of carbonyl (C=O) groups excluding carboxylic acids is 1. The number of thiazole rings is 1. The topological polar surface area (TPSA) is 63.2 Å². The standard InChI is InChI=1S/C22H15Cl2N3O2S2/c1-29-18-9-6-12(10-16(18)24)20(28)27-22(30)25-13-7-8-15(23)14(11-13)21-26-17-4-2-3-5-19(17)31-21/h2-11H,1H3,(H2,25,27,28,30). The predicted octanol–water partition coefficient (Wildman–Crippen LogP) is 6.41. The second-order valence-corrected chi connectivity index (χ2v) is 8.69. The Morgan fingerprint density at radius 2 is 1.87 bits per heavy atom. The molecule has 1 aromatic heterocycles. The summed E-state index contributed by atoms with van der Waals surface area (Å²) in [5.41, 5.74) is 2.74. The van der Waals surface area contributed by atoms with Crippen molar-refractivity contribution in [3.63, 3.8) is 0 Å². The third-order valence-corrected chi connectivity index (χ3v) is 6.29. The molecule has 0 spiro atoms. The van der Waals surface area contributed by atoms with E-state index in [1.54, 1.807) is 35.6 Å². The minimum Gasteiger partial charge on any atom is -0.495 e. The van der Waals surface area contributed by atoms with Gasteiger partial charge in [-0.1, -0.05) is 35.3 Å². The van der Waals surface area contributed by atoms with Gasteiger partial charge in [0.25, 0.3) is 5.91 Å². The van der Waals surface area contributed by atoms with Crippen LogP contribution in [0, 0.1) is 0 Å². The van der Waals surface area contributed by atoms with Crippen LogP contribution in [-0.4, -0.2) is 23.1 Å². The van der Waals surface area contributed by atoms with E-state index in [1.807, 2.05) is 30.3 Å². The van der Waals surface area contributed by atoms with Crippen molar-refractivity contribution >= 4 is 73.7 Å². The van der Waals surface area contributed by atoms with E-state index in [9.17, 15) is 4.79 Å². The fourth-order valence-corrected chi connectivity index (χ4v) is 4.63. The van der Waals surface area contributed by atoms with Gasteiger partial charge in [-0.3, -0.25) is 10.1 Å². The molecule has 0 aliphatic heterocycles. The van der Waals surface area contributed by atoms with Gasteiger partial charge in [0.15, 0.2) is 5.11 Å². The van der Waals surface area contributed by atoms with Crippen molar-refractivity contribution in [3.8, 4) is 16.3 Å². The highest BCUT2D eigenvalue weighted by Crippen LogP contribution is 2.35. The molecule has 0 fully saturated rings. The van der Waals surface area contributed by atoms with Crippen molar-refractivity contribution in [2.45, 2.75) is 0 Å². The Kier molecular flexibility index (Phi) is 6.38. The van der Waals surface area contributed by atoms with E-state index in [4.69, 9.17) is 40.2 Å². The van der Waals surface area contributed by atoms with E-state index >= 15 is 0 Å². The van der Waals surface area contributed by atoms with Crippen LogP contribution in [0.5, 0.6) is 5.75 Å². The van der Waals surface area contributed by atoms with E-state index in [0.29, 0.717) is 27.0 Å². The van der Waals surface area contributed by atoms with Gasteiger partial charge in [0.2, 0.25) is 0 Å². The Balaban J connectivity index is 1.50. The molecule has 0 radical (unpaired) electrons. The Hall–Kier alpha value is -2.71. The van der Waals surface area contributed by atoms with E-state index in [2.05, 4.69) is 15.6 Å². The number of hydrogen-bond acceptors (Lipinski definition) is 5. The average Bonchev–Trinajstić information content (AvgIpc) is 3.19. The van der Waals surface area contributed by atoms with E-state index in [1.165, 1.54) is 13.2 Å². The number of benzene rings is 3. The maximum Gasteiger partial charge on any atom is 0.257 e. The largest absolute Gasteiger partial charge is 0.495 e. The Labute approximate surface area is 198 Å². The van der Waals surface area contributed by atoms with Crippen LogP contribution in [0.3, 0.4) is 0 Å². The lowest BCUT2D eigenvalue weighted by Gasteiger charge is -2.12. The van der Waals surface area contributed by atoms with Crippen LogP contribution in [0.25, 0.3) is 20.8 Å². The fourth-order valence-electron chi connectivity index (χ4n) is 2.90. The molecule has 1 amide bonds. The molecule has 0 bridgehead atoms. The minimum atomic E-state index is -0.387. The summed E-state index contributed by atoms with van der Waals surface area (Å²) in [5.74, 6) is 0.102. The molecule has 9 heteroatoms. The molecule has 156 valence electrons. The monoisotopic (exact) mass is 487 g/mol. The quantitative estimate of drug-likeness (QED) is 0.325. The van der Waals surface area contributed by atoms with Gasteiger partial charge in [-0.2, -0.15) is 0 Å². The lowest BCUT2D eigenvalue weighted by Crippen LogP contribution is -2.34. The molecular weight excluding hydrogens is 473 g/mol. The number of ether oxygens (including phenoxy) is 1. The summed E-state index contributed by atoms with van der Waals surface area (Å²) >= 11 is 19.3. The Morgan fingerprint density at radius 3 is 2.61 bits per heavy atom. The fraction of sp³-hybridized carbons (Fsp3) is 0.0455. The zero-order valence-corrected chi connectivity index (χ0v) is 19.3. The van der Waals surface area contributed by atoms with Crippen molar-refractivity contribution in [3.05, 3.63) is 76.3 Å². The summed E-state index contributed by atoms with van der Waals surface area (Å²) in [6.45, 7) is 0. The second kappa shape index (κ2) is 9.20. The molecule has 0 unspecified atom stereocenters. The number of para-hydroxylation sites is 1. The van der Waals surface area contributed by atoms with Gasteiger partial charge in [-0.05, 0) is 60.7 Å². The summed E-state index contributed by atoms with van der Waals surface area (Å²) in [4.78, 5) is 17.1. The zero-order valence-electron chi connectivity index (χ0n) is 16.1. The maximum atomic E-state index is 12.5. The number of nitrogens with zero attached hydrogens (tertiary/aromatic N) is 1. The number of rotatable bonds is 4. The lowest BCUT2D eigenvalue weighted by molar-refractivity contribution is 0.0977. The van der Waals surface area contributed by atoms with Crippen LogP contribution in [0.15, 0.2) is 60.7 Å². The van der Waals surface area contributed by atoms with Gasteiger partial charge < -0.3 is 10.1 Å². The maximum absolute atomic E-state index is 12.5. The molecule has 0 aliphatic carbocycles. The minimum absolute atomic E-state index is 0.148. The first-order valence-electron chi connectivity index (χ1n) is 9.06. The Morgan fingerprint density at radius 1 is 1.06 bits per heavy atom. The summed E-state index contributed by atoms with van der Waals surface area (Å²) in [6, 6.07) is 18.0. The van der Waals surface area contributed by atoms with Crippen LogP contribution in [0.2, 0.25) is 10.0 Å². The number of anilines is 1. The normalized spacial score (nSPS) is 10.7. The molecule has 4 rings (SSSR count). The molecule has 1 heterocycles. The van der Waals surface area contributed by atoms with Gasteiger partial charge in [0.05, 0.1) is 27.4 Å². The number of methoxy groups -OCH3 is 1. The van der Waals surface area contributed by atoms with Crippen LogP contribution in [0.4, 0.5) is 5.69 Å². The molecule has 5 nitrogen and oxygen atoms in total. The van der Waals surface area contributed by atoms with Crippen molar-refractivity contribution in [2.75, 3.05) is 12.4 Å². The zero-order chi connectivity index (χ0) is 22.0. The highest BCUT2D eigenvalue weighted by atomic mass is 35.5. The number of halogens is 2. The average molecular weight is 488 g/mol. The first-order chi connectivity index (χ1) is 14.9. The lowest BCUT2D eigenvalue weighted by atomic mass is 10.2. The molecule has 31 heavy (non-hydrogen) atoms. The van der Waals surface area contributed by atoms with Crippen molar-refractivity contribution in [2.24, 2.45) is 0 Å². The molecular formula is C22H15Cl2N3O2S2. The molecule has 0 atom stereocenters. The second-order valence-electron chi connectivity index (χ2n) is 6.44. The number of thiocarbonyl (C=S) groups is 1. The van der Waals surface area contributed by atoms with Crippen molar-refractivity contribution in [1.29, 1.82) is 0 Å². The van der Waals surface area contributed by atoms with Crippen LogP contribution in [-0.2, 0) is 0 Å². The molecule has 0 saturated heterocycles. The van der Waals surface area contributed by atoms with Gasteiger partial charge in [-0.25, -0.2) is 4.98 Å². The first kappa shape index (κ1) is 21.5. The summed E-state index contributed by atoms with van der Waals surface area (Å²) in [5, 5.41) is 7.52. The number of fused-ring (bicyclic) bond motifs is 1. The van der Waals surface area contributed by atoms with Gasteiger partial charge in [0.1, 0.15) is 10.8 Å². The molecule has 0 saturated carbocycles. The number of hydrogen-bond donors (Lipinski definition) is 2. The number of aromatic nitrogens is 1. The van der Waals surface area contributed by atoms with Crippen LogP contribution in [0.1, 0.15) is 10.4 Å². The summed E-state index contributed by atoms with van der Waals surface area (Å²) in [7, 11) is 1.51. The van der Waals surface area contributed by atoms with Crippen LogP contribution < -0.4 is 15.4 Å². The van der Waals surface area contributed by atoms with E-state index < -0.39 is 0 Å². The molecule has 4 aromatic rings. The highest BCUT2D eigenvalue weighted by Gasteiger charge is 2.13. The molecule has 2 N–H and O–H groups in total. The number of amides is 1. The van der Waals surface area contributed by atoms with E-state index in [-0.39, 0.29) is 11.0 Å². The summed E-state index contributed by atoms with van der Waals surface area (Å²) in [6.07, 6.45) is 0. The molecule has 3 aromatic carbocycles.